The number of nitrogens with zero attached hydrogens (tertiary/aromatic N) is 1. The molecule has 0 aromatic rings. The van der Waals surface area contributed by atoms with E-state index >= 15 is 0 Å². The zero-order valence-corrected chi connectivity index (χ0v) is 11.6. The smallest absolute Gasteiger partial charge is 0.332 e. The van der Waals surface area contributed by atoms with E-state index in [0.717, 1.165) is 11.3 Å². The predicted octanol–water partition coefficient (Wildman–Crippen LogP) is 2.26. The van der Waals surface area contributed by atoms with E-state index in [4.69, 9.17) is 5.73 Å². The summed E-state index contributed by atoms with van der Waals surface area (Å²) < 4.78 is 37.1. The Morgan fingerprint density at radius 3 is 2.50 bits per heavy atom. The van der Waals surface area contributed by atoms with Gasteiger partial charge in [-0.2, -0.15) is 24.9 Å². The third kappa shape index (κ3) is 7.81. The second kappa shape index (κ2) is 8.63. The van der Waals surface area contributed by atoms with Gasteiger partial charge in [0, 0.05) is 6.54 Å². The number of unbranched alkanes of at least 4 members (excludes halogenated alkanes) is 1. The molecule has 0 unspecified atom stereocenters. The molecular weight excluding hydrogens is 265 g/mol. The SMILES string of the molecule is CCCCN(CC(F)(F)F)C(=O)[C@@H](N)CCSC. The quantitative estimate of drug-likeness (QED) is 0.744. The van der Waals surface area contributed by atoms with Crippen LogP contribution >= 0.6 is 11.8 Å². The molecule has 7 heteroatoms. The molecule has 0 radical (unpaired) electrons. The number of nitrogens with two attached hydrogens (primary N) is 1. The first-order chi connectivity index (χ1) is 8.31. The molecule has 0 heterocycles. The standard InChI is InChI=1S/C11H21F3N2OS/c1-3-4-6-16(8-11(12,13)14)10(17)9(15)5-7-18-2/h9H,3-8,15H2,1-2H3/t9-/m0/s1. The summed E-state index contributed by atoms with van der Waals surface area (Å²) in [5.41, 5.74) is 5.62. The molecule has 3 nitrogen and oxygen atoms in total. The van der Waals surface area contributed by atoms with Crippen molar-refractivity contribution < 1.29 is 18.0 Å². The normalized spacial score (nSPS) is 13.4. The summed E-state index contributed by atoms with van der Waals surface area (Å²) in [5.74, 6) is 0.0652. The Balaban J connectivity index is 4.47. The van der Waals surface area contributed by atoms with Crippen LogP contribution in [0.1, 0.15) is 26.2 Å². The van der Waals surface area contributed by atoms with Crippen molar-refractivity contribution in [3.63, 3.8) is 0 Å². The molecule has 0 saturated heterocycles. The molecule has 2 N–H and O–H groups in total. The summed E-state index contributed by atoms with van der Waals surface area (Å²) in [6, 6.07) is -0.836. The zero-order chi connectivity index (χ0) is 14.2. The molecule has 108 valence electrons. The minimum Gasteiger partial charge on any atom is -0.332 e. The highest BCUT2D eigenvalue weighted by atomic mass is 32.2. The van der Waals surface area contributed by atoms with E-state index < -0.39 is 24.7 Å². The molecule has 0 fully saturated rings. The first kappa shape index (κ1) is 17.6. The monoisotopic (exact) mass is 286 g/mol. The van der Waals surface area contributed by atoms with E-state index in [-0.39, 0.29) is 6.54 Å². The summed E-state index contributed by atoms with van der Waals surface area (Å²) >= 11 is 1.52. The number of thioether (sulfide) groups is 1. The molecule has 0 aliphatic heterocycles. The van der Waals surface area contributed by atoms with Crippen LogP contribution in [-0.4, -0.2) is 48.1 Å². The minimum atomic E-state index is -4.37. The Morgan fingerprint density at radius 1 is 1.44 bits per heavy atom. The number of halogens is 3. The van der Waals surface area contributed by atoms with Gasteiger partial charge in [0.1, 0.15) is 6.54 Å². The van der Waals surface area contributed by atoms with E-state index in [2.05, 4.69) is 0 Å². The van der Waals surface area contributed by atoms with Crippen LogP contribution in [0, 0.1) is 0 Å². The van der Waals surface area contributed by atoms with Crippen molar-refractivity contribution in [1.82, 2.24) is 4.90 Å². The van der Waals surface area contributed by atoms with Crippen LogP contribution in [0.15, 0.2) is 0 Å². The number of carbonyl (C=O) groups excluding carboxylic acids is 1. The van der Waals surface area contributed by atoms with Gasteiger partial charge in [0.25, 0.3) is 0 Å². The maximum absolute atomic E-state index is 12.4. The largest absolute Gasteiger partial charge is 0.406 e. The van der Waals surface area contributed by atoms with Crippen molar-refractivity contribution in [3.05, 3.63) is 0 Å². The highest BCUT2D eigenvalue weighted by molar-refractivity contribution is 7.98. The molecule has 0 saturated carbocycles. The maximum atomic E-state index is 12.4. The highest BCUT2D eigenvalue weighted by Crippen LogP contribution is 2.17. The number of hydrogen-bond acceptors (Lipinski definition) is 3. The van der Waals surface area contributed by atoms with E-state index in [1.54, 1.807) is 0 Å². The van der Waals surface area contributed by atoms with Crippen LogP contribution in [0.5, 0.6) is 0 Å². The number of amides is 1. The summed E-state index contributed by atoms with van der Waals surface area (Å²) in [6.07, 6.45) is -0.816. The van der Waals surface area contributed by atoms with Gasteiger partial charge in [0.15, 0.2) is 0 Å². The molecule has 0 aliphatic carbocycles. The average Bonchev–Trinajstić information content (AvgIpc) is 2.29. The number of alkyl halides is 3. The molecule has 0 aliphatic rings. The second-order valence-corrected chi connectivity index (χ2v) is 5.10. The van der Waals surface area contributed by atoms with Crippen LogP contribution in [0.3, 0.4) is 0 Å². The topological polar surface area (TPSA) is 46.3 Å². The van der Waals surface area contributed by atoms with Crippen LogP contribution in [-0.2, 0) is 4.79 Å². The number of carbonyl (C=O) groups is 1. The molecule has 0 aromatic carbocycles. The van der Waals surface area contributed by atoms with Gasteiger partial charge in [0.05, 0.1) is 6.04 Å². The van der Waals surface area contributed by atoms with Gasteiger partial charge in [-0.05, 0) is 24.9 Å². The van der Waals surface area contributed by atoms with Gasteiger partial charge in [0.2, 0.25) is 5.91 Å². The fourth-order valence-corrected chi connectivity index (χ4v) is 1.92. The van der Waals surface area contributed by atoms with E-state index in [0.29, 0.717) is 18.6 Å². The molecule has 1 atom stereocenters. The van der Waals surface area contributed by atoms with Gasteiger partial charge < -0.3 is 10.6 Å². The number of rotatable bonds is 8. The summed E-state index contributed by atoms with van der Waals surface area (Å²) in [4.78, 5) is 12.7. The van der Waals surface area contributed by atoms with Gasteiger partial charge in [-0.15, -0.1) is 0 Å². The van der Waals surface area contributed by atoms with Crippen molar-refractivity contribution in [1.29, 1.82) is 0 Å². The Morgan fingerprint density at radius 2 is 2.06 bits per heavy atom. The highest BCUT2D eigenvalue weighted by Gasteiger charge is 2.34. The summed E-state index contributed by atoms with van der Waals surface area (Å²) in [7, 11) is 0. The molecule has 0 rings (SSSR count). The van der Waals surface area contributed by atoms with Crippen LogP contribution in [0.25, 0.3) is 0 Å². The lowest BCUT2D eigenvalue weighted by molar-refractivity contribution is -0.162. The third-order valence-corrected chi connectivity index (χ3v) is 3.06. The zero-order valence-electron chi connectivity index (χ0n) is 10.8. The van der Waals surface area contributed by atoms with Gasteiger partial charge >= 0.3 is 6.18 Å². The van der Waals surface area contributed by atoms with E-state index in [1.807, 2.05) is 13.2 Å². The Hall–Kier alpha value is -0.430. The van der Waals surface area contributed by atoms with Crippen LogP contribution < -0.4 is 5.73 Å². The fraction of sp³-hybridized carbons (Fsp3) is 0.909. The lowest BCUT2D eigenvalue weighted by Gasteiger charge is -2.26. The average molecular weight is 286 g/mol. The molecule has 0 spiro atoms. The lowest BCUT2D eigenvalue weighted by Crippen LogP contribution is -2.48. The molecular formula is C11H21F3N2OS. The predicted molar refractivity (Wildman–Crippen MR) is 68.5 cm³/mol. The fourth-order valence-electron chi connectivity index (χ4n) is 1.44. The van der Waals surface area contributed by atoms with Crippen molar-refractivity contribution in [3.8, 4) is 0 Å². The van der Waals surface area contributed by atoms with Gasteiger partial charge in [-0.25, -0.2) is 0 Å². The second-order valence-electron chi connectivity index (χ2n) is 4.12. The van der Waals surface area contributed by atoms with Gasteiger partial charge in [-0.1, -0.05) is 13.3 Å². The summed E-state index contributed by atoms with van der Waals surface area (Å²) in [6.45, 7) is 0.768. The van der Waals surface area contributed by atoms with Crippen molar-refractivity contribution in [2.75, 3.05) is 25.1 Å². The van der Waals surface area contributed by atoms with Crippen molar-refractivity contribution >= 4 is 17.7 Å². The van der Waals surface area contributed by atoms with Crippen LogP contribution in [0.2, 0.25) is 0 Å². The Kier molecular flexibility index (Phi) is 8.43. The van der Waals surface area contributed by atoms with Crippen LogP contribution in [0.4, 0.5) is 13.2 Å². The maximum Gasteiger partial charge on any atom is 0.406 e. The Labute approximate surface area is 110 Å². The first-order valence-corrected chi connectivity index (χ1v) is 7.31. The van der Waals surface area contributed by atoms with Gasteiger partial charge in [-0.3, -0.25) is 4.79 Å². The van der Waals surface area contributed by atoms with E-state index in [9.17, 15) is 18.0 Å². The Bertz CT molecular complexity index is 249. The van der Waals surface area contributed by atoms with Crippen molar-refractivity contribution in [2.24, 2.45) is 5.73 Å². The molecule has 18 heavy (non-hydrogen) atoms. The number of hydrogen-bond donors (Lipinski definition) is 1. The first-order valence-electron chi connectivity index (χ1n) is 5.91. The third-order valence-electron chi connectivity index (χ3n) is 2.41. The molecule has 0 bridgehead atoms. The molecule has 1 amide bonds. The van der Waals surface area contributed by atoms with E-state index in [1.165, 1.54) is 11.8 Å². The summed E-state index contributed by atoms with van der Waals surface area (Å²) in [5, 5.41) is 0. The molecule has 0 aromatic heterocycles. The lowest BCUT2D eigenvalue weighted by atomic mass is 10.2. The minimum absolute atomic E-state index is 0.113. The van der Waals surface area contributed by atoms with Crippen molar-refractivity contribution in [2.45, 2.75) is 38.4 Å².